The van der Waals surface area contributed by atoms with Crippen LogP contribution < -0.4 is 5.32 Å². The summed E-state index contributed by atoms with van der Waals surface area (Å²) in [6.07, 6.45) is 0.568. The average Bonchev–Trinajstić information content (AvgIpc) is 2.87. The van der Waals surface area contributed by atoms with Crippen LogP contribution >= 0.6 is 0 Å². The van der Waals surface area contributed by atoms with E-state index in [0.29, 0.717) is 11.3 Å². The molecule has 1 aliphatic carbocycles. The largest absolute Gasteiger partial charge is 0.312 e. The molecule has 1 N–H and O–H groups in total. The van der Waals surface area contributed by atoms with E-state index in [1.807, 2.05) is 50.4 Å². The van der Waals surface area contributed by atoms with E-state index in [1.54, 1.807) is 12.1 Å². The average molecular weight is 301 g/mol. The van der Waals surface area contributed by atoms with Crippen molar-refractivity contribution in [3.8, 4) is 0 Å². The summed E-state index contributed by atoms with van der Waals surface area (Å²) in [5.74, 6) is 0. The van der Waals surface area contributed by atoms with E-state index < -0.39 is 15.1 Å². The Morgan fingerprint density at radius 2 is 1.71 bits per heavy atom. The molecule has 0 aliphatic heterocycles. The second kappa shape index (κ2) is 5.28. The van der Waals surface area contributed by atoms with Gasteiger partial charge in [0, 0.05) is 6.04 Å². The van der Waals surface area contributed by atoms with Gasteiger partial charge >= 0.3 is 0 Å². The van der Waals surface area contributed by atoms with Crippen LogP contribution in [0.4, 0.5) is 0 Å². The predicted octanol–water partition coefficient (Wildman–Crippen LogP) is 2.65. The van der Waals surface area contributed by atoms with Crippen molar-refractivity contribution in [2.75, 3.05) is 7.05 Å². The smallest absolute Gasteiger partial charge is 0.183 e. The van der Waals surface area contributed by atoms with Gasteiger partial charge in [0.05, 0.1) is 10.1 Å². The summed E-state index contributed by atoms with van der Waals surface area (Å²) < 4.78 is 26.1. The molecular weight excluding hydrogens is 282 g/mol. The van der Waals surface area contributed by atoms with Crippen LogP contribution in [0.3, 0.4) is 0 Å². The van der Waals surface area contributed by atoms with Crippen LogP contribution in [-0.2, 0) is 16.3 Å². The van der Waals surface area contributed by atoms with E-state index in [-0.39, 0.29) is 6.04 Å². The quantitative estimate of drug-likeness (QED) is 0.948. The molecule has 0 fully saturated rings. The number of sulfone groups is 1. The summed E-state index contributed by atoms with van der Waals surface area (Å²) in [6.45, 7) is 1.85. The van der Waals surface area contributed by atoms with Crippen molar-refractivity contribution >= 4 is 9.84 Å². The van der Waals surface area contributed by atoms with Gasteiger partial charge in [-0.3, -0.25) is 0 Å². The van der Waals surface area contributed by atoms with Crippen LogP contribution in [0.1, 0.15) is 22.7 Å². The molecule has 2 atom stereocenters. The predicted molar refractivity (Wildman–Crippen MR) is 84.1 cm³/mol. The molecule has 0 spiro atoms. The Kier molecular flexibility index (Phi) is 3.59. The first kappa shape index (κ1) is 14.3. The third kappa shape index (κ3) is 2.28. The van der Waals surface area contributed by atoms with Gasteiger partial charge in [-0.15, -0.1) is 0 Å². The standard InChI is InChI=1S/C17H19NO2S/c1-12-7-3-6-10-15(12)21(19,20)16-11-13-8-4-5-9-14(13)17(16)18-2/h3-10,16-18H,11H2,1-2H3. The maximum Gasteiger partial charge on any atom is 0.183 e. The fourth-order valence-corrected chi connectivity index (χ4v) is 5.38. The highest BCUT2D eigenvalue weighted by molar-refractivity contribution is 7.92. The van der Waals surface area contributed by atoms with Crippen LogP contribution in [0.2, 0.25) is 0 Å². The van der Waals surface area contributed by atoms with Crippen LogP contribution in [0, 0.1) is 6.92 Å². The van der Waals surface area contributed by atoms with E-state index in [0.717, 1.165) is 16.7 Å². The van der Waals surface area contributed by atoms with Crippen molar-refractivity contribution < 1.29 is 8.42 Å². The molecule has 21 heavy (non-hydrogen) atoms. The highest BCUT2D eigenvalue weighted by Gasteiger charge is 2.41. The zero-order valence-corrected chi connectivity index (χ0v) is 13.0. The van der Waals surface area contributed by atoms with Crippen molar-refractivity contribution in [1.29, 1.82) is 0 Å². The lowest BCUT2D eigenvalue weighted by Crippen LogP contribution is -2.33. The molecule has 4 heteroatoms. The fraction of sp³-hybridized carbons (Fsp3) is 0.294. The van der Waals surface area contributed by atoms with Crippen LogP contribution in [0.25, 0.3) is 0 Å². The summed E-state index contributed by atoms with van der Waals surface area (Å²) in [6, 6.07) is 15.0. The zero-order valence-electron chi connectivity index (χ0n) is 12.2. The van der Waals surface area contributed by atoms with E-state index >= 15 is 0 Å². The van der Waals surface area contributed by atoms with Gasteiger partial charge in [-0.2, -0.15) is 0 Å². The van der Waals surface area contributed by atoms with Crippen molar-refractivity contribution in [2.45, 2.75) is 29.5 Å². The molecule has 0 amide bonds. The van der Waals surface area contributed by atoms with Crippen LogP contribution in [-0.4, -0.2) is 20.7 Å². The third-order valence-electron chi connectivity index (χ3n) is 4.29. The number of hydrogen-bond acceptors (Lipinski definition) is 3. The molecule has 1 aliphatic rings. The van der Waals surface area contributed by atoms with Crippen molar-refractivity contribution in [2.24, 2.45) is 0 Å². The Balaban J connectivity index is 2.08. The highest BCUT2D eigenvalue weighted by atomic mass is 32.2. The van der Waals surface area contributed by atoms with Gasteiger partial charge in [-0.05, 0) is 43.1 Å². The Bertz CT molecular complexity index is 768. The van der Waals surface area contributed by atoms with Gasteiger partial charge in [-0.25, -0.2) is 8.42 Å². The Labute approximate surface area is 125 Å². The lowest BCUT2D eigenvalue weighted by Gasteiger charge is -2.21. The number of nitrogens with one attached hydrogen (secondary N) is 1. The Morgan fingerprint density at radius 3 is 2.43 bits per heavy atom. The summed E-state index contributed by atoms with van der Waals surface area (Å²) in [5, 5.41) is 2.74. The van der Waals surface area contributed by atoms with Crippen molar-refractivity contribution in [3.05, 3.63) is 65.2 Å². The first-order valence-electron chi connectivity index (χ1n) is 7.10. The molecule has 0 heterocycles. The normalized spacial score (nSPS) is 21.2. The van der Waals surface area contributed by atoms with E-state index in [9.17, 15) is 8.42 Å². The van der Waals surface area contributed by atoms with Crippen molar-refractivity contribution in [1.82, 2.24) is 5.32 Å². The Morgan fingerprint density at radius 1 is 1.05 bits per heavy atom. The monoisotopic (exact) mass is 301 g/mol. The first-order chi connectivity index (χ1) is 10.1. The van der Waals surface area contributed by atoms with E-state index in [1.165, 1.54) is 0 Å². The summed E-state index contributed by atoms with van der Waals surface area (Å²) in [5.41, 5.74) is 3.03. The second-order valence-corrected chi connectivity index (χ2v) is 7.65. The molecule has 2 aromatic rings. The SMILES string of the molecule is CNC1c2ccccc2CC1S(=O)(=O)c1ccccc1C. The lowest BCUT2D eigenvalue weighted by molar-refractivity contribution is 0.535. The maximum atomic E-state index is 13.1. The molecule has 2 unspecified atom stereocenters. The molecule has 2 aromatic carbocycles. The number of aryl methyl sites for hydroxylation is 1. The van der Waals surface area contributed by atoms with Gasteiger partial charge in [0.1, 0.15) is 0 Å². The maximum absolute atomic E-state index is 13.1. The van der Waals surface area contributed by atoms with Gasteiger partial charge in [0.25, 0.3) is 0 Å². The summed E-state index contributed by atoms with van der Waals surface area (Å²) >= 11 is 0. The topological polar surface area (TPSA) is 46.2 Å². The molecule has 110 valence electrons. The number of benzene rings is 2. The van der Waals surface area contributed by atoms with Gasteiger partial charge in [0.2, 0.25) is 0 Å². The van der Waals surface area contributed by atoms with Gasteiger partial charge < -0.3 is 5.32 Å². The minimum absolute atomic E-state index is 0.147. The third-order valence-corrected chi connectivity index (χ3v) is 6.60. The van der Waals surface area contributed by atoms with Crippen molar-refractivity contribution in [3.63, 3.8) is 0 Å². The highest BCUT2D eigenvalue weighted by Crippen LogP contribution is 2.38. The summed E-state index contributed by atoms with van der Waals surface area (Å²) in [4.78, 5) is 0.447. The summed E-state index contributed by atoms with van der Waals surface area (Å²) in [7, 11) is -1.53. The second-order valence-electron chi connectivity index (χ2n) is 5.52. The molecule has 3 nitrogen and oxygen atoms in total. The van der Waals surface area contributed by atoms with Crippen LogP contribution in [0.15, 0.2) is 53.4 Å². The minimum Gasteiger partial charge on any atom is -0.312 e. The van der Waals surface area contributed by atoms with Gasteiger partial charge in [-0.1, -0.05) is 42.5 Å². The molecule has 0 saturated carbocycles. The molecule has 0 radical (unpaired) electrons. The molecule has 0 saturated heterocycles. The number of rotatable bonds is 3. The lowest BCUT2D eigenvalue weighted by atomic mass is 10.1. The first-order valence-corrected chi connectivity index (χ1v) is 8.65. The fourth-order valence-electron chi connectivity index (χ4n) is 3.23. The number of hydrogen-bond donors (Lipinski definition) is 1. The minimum atomic E-state index is -3.36. The molecule has 3 rings (SSSR count). The molecule has 0 bridgehead atoms. The zero-order chi connectivity index (χ0) is 15.0. The molecule has 0 aromatic heterocycles. The van der Waals surface area contributed by atoms with E-state index in [2.05, 4.69) is 5.32 Å². The molecular formula is C17H19NO2S. The van der Waals surface area contributed by atoms with E-state index in [4.69, 9.17) is 0 Å². The van der Waals surface area contributed by atoms with Gasteiger partial charge in [0.15, 0.2) is 9.84 Å². The number of fused-ring (bicyclic) bond motifs is 1. The van der Waals surface area contributed by atoms with Crippen LogP contribution in [0.5, 0.6) is 0 Å². The Hall–Kier alpha value is -1.65.